The van der Waals surface area contributed by atoms with Crippen molar-refractivity contribution < 1.29 is 4.79 Å². The summed E-state index contributed by atoms with van der Waals surface area (Å²) in [6.45, 7) is 2.75. The molecule has 1 saturated heterocycles. The van der Waals surface area contributed by atoms with Gasteiger partial charge >= 0.3 is 0 Å². The standard InChI is InChI=1S/C13H24N2O/c16-13(12-7-9-14-10-12)15-8-3-6-11-4-1-2-5-11/h11-12,14H,1-10H2,(H,15,16). The van der Waals surface area contributed by atoms with Gasteiger partial charge in [0.1, 0.15) is 0 Å². The average molecular weight is 224 g/mol. The summed E-state index contributed by atoms with van der Waals surface area (Å²) in [6.07, 6.45) is 9.16. The fourth-order valence-corrected chi connectivity index (χ4v) is 2.92. The highest BCUT2D eigenvalue weighted by atomic mass is 16.1. The molecule has 1 aliphatic heterocycles. The van der Waals surface area contributed by atoms with Gasteiger partial charge in [0.15, 0.2) is 0 Å². The van der Waals surface area contributed by atoms with Crippen LogP contribution in [0.5, 0.6) is 0 Å². The Hall–Kier alpha value is -0.570. The van der Waals surface area contributed by atoms with Crippen molar-refractivity contribution in [3.8, 4) is 0 Å². The summed E-state index contributed by atoms with van der Waals surface area (Å²) in [5, 5.41) is 6.30. The normalized spacial score (nSPS) is 26.1. The van der Waals surface area contributed by atoms with Crippen LogP contribution in [0.25, 0.3) is 0 Å². The monoisotopic (exact) mass is 224 g/mol. The second-order valence-corrected chi connectivity index (χ2v) is 5.27. The first-order chi connectivity index (χ1) is 7.86. The van der Waals surface area contributed by atoms with Crippen LogP contribution in [-0.4, -0.2) is 25.5 Å². The number of carbonyl (C=O) groups is 1. The largest absolute Gasteiger partial charge is 0.356 e. The number of hydrogen-bond acceptors (Lipinski definition) is 2. The predicted octanol–water partition coefficient (Wildman–Crippen LogP) is 1.68. The third kappa shape index (κ3) is 3.48. The van der Waals surface area contributed by atoms with Gasteiger partial charge in [0.05, 0.1) is 5.92 Å². The number of carbonyl (C=O) groups excluding carboxylic acids is 1. The number of nitrogens with one attached hydrogen (secondary N) is 2. The van der Waals surface area contributed by atoms with E-state index in [4.69, 9.17) is 0 Å². The van der Waals surface area contributed by atoms with Crippen molar-refractivity contribution in [2.45, 2.75) is 44.9 Å². The van der Waals surface area contributed by atoms with Crippen molar-refractivity contribution in [3.63, 3.8) is 0 Å². The zero-order valence-corrected chi connectivity index (χ0v) is 10.1. The molecular formula is C13H24N2O. The molecular weight excluding hydrogens is 200 g/mol. The topological polar surface area (TPSA) is 41.1 Å². The molecule has 0 aromatic heterocycles. The Morgan fingerprint density at radius 3 is 2.75 bits per heavy atom. The fourth-order valence-electron chi connectivity index (χ4n) is 2.92. The molecule has 0 radical (unpaired) electrons. The minimum Gasteiger partial charge on any atom is -0.356 e. The van der Waals surface area contributed by atoms with Gasteiger partial charge in [-0.15, -0.1) is 0 Å². The Balaban J connectivity index is 1.51. The van der Waals surface area contributed by atoms with Crippen LogP contribution in [-0.2, 0) is 4.79 Å². The Morgan fingerprint density at radius 1 is 1.25 bits per heavy atom. The predicted molar refractivity (Wildman–Crippen MR) is 65.2 cm³/mol. The van der Waals surface area contributed by atoms with Gasteiger partial charge in [-0.2, -0.15) is 0 Å². The van der Waals surface area contributed by atoms with Crippen LogP contribution >= 0.6 is 0 Å². The molecule has 2 fully saturated rings. The highest BCUT2D eigenvalue weighted by Gasteiger charge is 2.21. The van der Waals surface area contributed by atoms with Gasteiger partial charge in [-0.3, -0.25) is 4.79 Å². The highest BCUT2D eigenvalue weighted by molar-refractivity contribution is 5.79. The van der Waals surface area contributed by atoms with Gasteiger partial charge in [-0.1, -0.05) is 25.7 Å². The second kappa shape index (κ2) is 6.24. The van der Waals surface area contributed by atoms with Gasteiger partial charge in [0, 0.05) is 13.1 Å². The van der Waals surface area contributed by atoms with E-state index in [1.165, 1.54) is 32.1 Å². The van der Waals surface area contributed by atoms with Crippen LogP contribution in [0.2, 0.25) is 0 Å². The molecule has 2 N–H and O–H groups in total. The molecule has 92 valence electrons. The smallest absolute Gasteiger partial charge is 0.224 e. The highest BCUT2D eigenvalue weighted by Crippen LogP contribution is 2.28. The summed E-state index contributed by atoms with van der Waals surface area (Å²) < 4.78 is 0. The molecule has 0 aromatic rings. The molecule has 2 rings (SSSR count). The average Bonchev–Trinajstić information content (AvgIpc) is 2.96. The Bertz CT molecular complexity index is 218. The minimum absolute atomic E-state index is 0.228. The first kappa shape index (κ1) is 11.9. The van der Waals surface area contributed by atoms with Crippen molar-refractivity contribution in [1.29, 1.82) is 0 Å². The van der Waals surface area contributed by atoms with Crippen molar-refractivity contribution in [2.24, 2.45) is 11.8 Å². The van der Waals surface area contributed by atoms with Gasteiger partial charge in [-0.05, 0) is 31.7 Å². The van der Waals surface area contributed by atoms with Gasteiger partial charge in [0.2, 0.25) is 5.91 Å². The summed E-state index contributed by atoms with van der Waals surface area (Å²) in [4.78, 5) is 11.7. The van der Waals surface area contributed by atoms with Crippen molar-refractivity contribution in [3.05, 3.63) is 0 Å². The number of hydrogen-bond donors (Lipinski definition) is 2. The van der Waals surface area contributed by atoms with Gasteiger partial charge in [-0.25, -0.2) is 0 Å². The molecule has 0 aromatic carbocycles. The second-order valence-electron chi connectivity index (χ2n) is 5.27. The van der Waals surface area contributed by atoms with Gasteiger partial charge in [0.25, 0.3) is 0 Å². The molecule has 1 unspecified atom stereocenters. The van der Waals surface area contributed by atoms with Crippen LogP contribution in [0.15, 0.2) is 0 Å². The zero-order chi connectivity index (χ0) is 11.2. The molecule has 3 heteroatoms. The van der Waals surface area contributed by atoms with E-state index in [1.54, 1.807) is 0 Å². The lowest BCUT2D eigenvalue weighted by Crippen LogP contribution is -2.32. The van der Waals surface area contributed by atoms with Crippen LogP contribution in [0.4, 0.5) is 0 Å². The maximum atomic E-state index is 11.7. The maximum absolute atomic E-state index is 11.7. The Labute approximate surface area is 98.4 Å². The van der Waals surface area contributed by atoms with E-state index in [2.05, 4.69) is 10.6 Å². The molecule has 0 spiro atoms. The van der Waals surface area contributed by atoms with Crippen molar-refractivity contribution in [2.75, 3.05) is 19.6 Å². The number of rotatable bonds is 5. The van der Waals surface area contributed by atoms with E-state index < -0.39 is 0 Å². The number of amides is 1. The third-order valence-corrected chi connectivity index (χ3v) is 3.99. The summed E-state index contributed by atoms with van der Waals surface area (Å²) in [5.41, 5.74) is 0. The van der Waals surface area contributed by atoms with Gasteiger partial charge < -0.3 is 10.6 Å². The molecule has 1 atom stereocenters. The SMILES string of the molecule is O=C(NCCCC1CCCC1)C1CCNC1. The minimum atomic E-state index is 0.228. The summed E-state index contributed by atoms with van der Waals surface area (Å²) >= 11 is 0. The summed E-state index contributed by atoms with van der Waals surface area (Å²) in [5.74, 6) is 1.44. The quantitative estimate of drug-likeness (QED) is 0.698. The first-order valence-corrected chi connectivity index (χ1v) is 6.84. The van der Waals surface area contributed by atoms with Crippen LogP contribution < -0.4 is 10.6 Å². The van der Waals surface area contributed by atoms with E-state index >= 15 is 0 Å². The Kier molecular flexibility index (Phi) is 4.64. The van der Waals surface area contributed by atoms with Crippen LogP contribution in [0, 0.1) is 11.8 Å². The van der Waals surface area contributed by atoms with Crippen molar-refractivity contribution >= 4 is 5.91 Å². The maximum Gasteiger partial charge on any atom is 0.224 e. The van der Waals surface area contributed by atoms with Crippen LogP contribution in [0.3, 0.4) is 0 Å². The lowest BCUT2D eigenvalue weighted by molar-refractivity contribution is -0.124. The molecule has 0 bridgehead atoms. The lowest BCUT2D eigenvalue weighted by atomic mass is 10.0. The zero-order valence-electron chi connectivity index (χ0n) is 10.1. The lowest BCUT2D eigenvalue weighted by Gasteiger charge is -2.11. The van der Waals surface area contributed by atoms with E-state index in [9.17, 15) is 4.79 Å². The fraction of sp³-hybridized carbons (Fsp3) is 0.923. The molecule has 16 heavy (non-hydrogen) atoms. The molecule has 2 aliphatic rings. The Morgan fingerprint density at radius 2 is 2.06 bits per heavy atom. The molecule has 1 heterocycles. The molecule has 3 nitrogen and oxygen atoms in total. The third-order valence-electron chi connectivity index (χ3n) is 3.99. The van der Waals surface area contributed by atoms with E-state index in [-0.39, 0.29) is 11.8 Å². The molecule has 1 saturated carbocycles. The summed E-state index contributed by atoms with van der Waals surface area (Å²) in [6, 6.07) is 0. The van der Waals surface area contributed by atoms with Crippen molar-refractivity contribution in [1.82, 2.24) is 10.6 Å². The van der Waals surface area contributed by atoms with E-state index in [0.717, 1.165) is 38.4 Å². The first-order valence-electron chi connectivity index (χ1n) is 6.84. The van der Waals surface area contributed by atoms with Crippen LogP contribution in [0.1, 0.15) is 44.9 Å². The summed E-state index contributed by atoms with van der Waals surface area (Å²) in [7, 11) is 0. The van der Waals surface area contributed by atoms with E-state index in [1.807, 2.05) is 0 Å². The molecule has 1 aliphatic carbocycles. The molecule has 1 amide bonds. The van der Waals surface area contributed by atoms with E-state index in [0.29, 0.717) is 0 Å².